The molecule has 7 nitrogen and oxygen atoms in total. The first-order valence-electron chi connectivity index (χ1n) is 8.09. The highest BCUT2D eigenvalue weighted by molar-refractivity contribution is 5.93. The van der Waals surface area contributed by atoms with E-state index >= 15 is 0 Å². The lowest BCUT2D eigenvalue weighted by Gasteiger charge is -2.29. The Morgan fingerprint density at radius 1 is 1.20 bits per heavy atom. The SMILES string of the molecule is CC(=O)OC(COc1ccc(C(N)=O)cc1C)CN(C(C)=O)C(C)C. The zero-order valence-corrected chi connectivity index (χ0v) is 15.4. The number of aryl methyl sites for hydroxylation is 1. The van der Waals surface area contributed by atoms with Crippen LogP contribution in [-0.2, 0) is 14.3 Å². The number of amides is 2. The van der Waals surface area contributed by atoms with Gasteiger partial charge < -0.3 is 20.1 Å². The van der Waals surface area contributed by atoms with Crippen LogP contribution in [-0.4, -0.2) is 48.0 Å². The number of carbonyl (C=O) groups excluding carboxylic acids is 3. The Labute approximate surface area is 148 Å². The molecular formula is C18H26N2O5. The normalized spacial score (nSPS) is 11.8. The summed E-state index contributed by atoms with van der Waals surface area (Å²) in [5.74, 6) is -0.502. The highest BCUT2D eigenvalue weighted by Crippen LogP contribution is 2.19. The molecule has 0 aromatic heterocycles. The third-order valence-corrected chi connectivity index (χ3v) is 3.64. The number of hydrogen-bond donors (Lipinski definition) is 1. The van der Waals surface area contributed by atoms with Crippen molar-refractivity contribution in [2.45, 2.75) is 46.8 Å². The summed E-state index contributed by atoms with van der Waals surface area (Å²) in [6, 6.07) is 4.83. The van der Waals surface area contributed by atoms with Crippen molar-refractivity contribution < 1.29 is 23.9 Å². The van der Waals surface area contributed by atoms with E-state index in [0.717, 1.165) is 5.56 Å². The van der Waals surface area contributed by atoms with Gasteiger partial charge >= 0.3 is 5.97 Å². The second-order valence-electron chi connectivity index (χ2n) is 6.15. The second-order valence-corrected chi connectivity index (χ2v) is 6.15. The lowest BCUT2D eigenvalue weighted by atomic mass is 10.1. The lowest BCUT2D eigenvalue weighted by Crippen LogP contribution is -2.44. The minimum Gasteiger partial charge on any atom is -0.489 e. The molecule has 1 unspecified atom stereocenters. The van der Waals surface area contributed by atoms with E-state index in [1.165, 1.54) is 13.8 Å². The number of benzene rings is 1. The van der Waals surface area contributed by atoms with Gasteiger partial charge in [-0.25, -0.2) is 0 Å². The fraction of sp³-hybridized carbons (Fsp3) is 0.500. The Morgan fingerprint density at radius 3 is 2.28 bits per heavy atom. The largest absolute Gasteiger partial charge is 0.489 e. The summed E-state index contributed by atoms with van der Waals surface area (Å²) in [7, 11) is 0. The van der Waals surface area contributed by atoms with Crippen LogP contribution < -0.4 is 10.5 Å². The van der Waals surface area contributed by atoms with E-state index in [9.17, 15) is 14.4 Å². The van der Waals surface area contributed by atoms with Gasteiger partial charge in [0.1, 0.15) is 12.4 Å². The Kier molecular flexibility index (Phi) is 7.42. The van der Waals surface area contributed by atoms with E-state index in [4.69, 9.17) is 15.2 Å². The van der Waals surface area contributed by atoms with E-state index in [2.05, 4.69) is 0 Å². The topological polar surface area (TPSA) is 98.9 Å². The third-order valence-electron chi connectivity index (χ3n) is 3.64. The fourth-order valence-electron chi connectivity index (χ4n) is 2.43. The van der Waals surface area contributed by atoms with Crippen molar-refractivity contribution in [2.75, 3.05) is 13.2 Å². The molecule has 0 bridgehead atoms. The maximum atomic E-state index is 11.7. The van der Waals surface area contributed by atoms with E-state index in [1.54, 1.807) is 30.0 Å². The first kappa shape index (κ1) is 20.5. The van der Waals surface area contributed by atoms with Gasteiger partial charge in [0.25, 0.3) is 0 Å². The van der Waals surface area contributed by atoms with E-state index in [-0.39, 0.29) is 25.1 Å². The van der Waals surface area contributed by atoms with Crippen LogP contribution in [0.4, 0.5) is 0 Å². The van der Waals surface area contributed by atoms with Crippen LogP contribution in [0.1, 0.15) is 43.6 Å². The Hall–Kier alpha value is -2.57. The molecule has 2 N–H and O–H groups in total. The number of rotatable bonds is 8. The maximum Gasteiger partial charge on any atom is 0.303 e. The molecule has 1 aromatic rings. The molecule has 0 heterocycles. The lowest BCUT2D eigenvalue weighted by molar-refractivity contribution is -0.151. The molecule has 0 saturated heterocycles. The van der Waals surface area contributed by atoms with Gasteiger partial charge in [-0.05, 0) is 44.5 Å². The van der Waals surface area contributed by atoms with Crippen LogP contribution in [0.5, 0.6) is 5.75 Å². The number of ether oxygens (including phenoxy) is 2. The van der Waals surface area contributed by atoms with Gasteiger partial charge in [-0.3, -0.25) is 14.4 Å². The number of primary amides is 1. The molecule has 0 saturated carbocycles. The molecule has 0 aliphatic carbocycles. The molecular weight excluding hydrogens is 324 g/mol. The van der Waals surface area contributed by atoms with Gasteiger partial charge in [-0.1, -0.05) is 0 Å². The highest BCUT2D eigenvalue weighted by atomic mass is 16.6. The molecule has 2 amide bonds. The predicted octanol–water partition coefficient (Wildman–Crippen LogP) is 1.66. The van der Waals surface area contributed by atoms with E-state index < -0.39 is 18.0 Å². The van der Waals surface area contributed by atoms with Crippen LogP contribution in [0.25, 0.3) is 0 Å². The molecule has 0 aliphatic rings. The van der Waals surface area contributed by atoms with Gasteiger partial charge in [-0.15, -0.1) is 0 Å². The monoisotopic (exact) mass is 350 g/mol. The van der Waals surface area contributed by atoms with Gasteiger partial charge in [0.2, 0.25) is 11.8 Å². The van der Waals surface area contributed by atoms with Crippen LogP contribution in [0, 0.1) is 6.92 Å². The van der Waals surface area contributed by atoms with E-state index in [0.29, 0.717) is 11.3 Å². The summed E-state index contributed by atoms with van der Waals surface area (Å²) < 4.78 is 11.0. The number of nitrogens with two attached hydrogens (primary N) is 1. The first-order chi connectivity index (χ1) is 11.6. The minimum absolute atomic E-state index is 0.0212. The predicted molar refractivity (Wildman–Crippen MR) is 93.3 cm³/mol. The summed E-state index contributed by atoms with van der Waals surface area (Å²) in [6.07, 6.45) is -0.598. The number of hydrogen-bond acceptors (Lipinski definition) is 5. The molecule has 7 heteroatoms. The maximum absolute atomic E-state index is 11.7. The van der Waals surface area contributed by atoms with Crippen LogP contribution in [0.2, 0.25) is 0 Å². The van der Waals surface area contributed by atoms with Crippen molar-refractivity contribution >= 4 is 17.8 Å². The van der Waals surface area contributed by atoms with Crippen LogP contribution in [0.15, 0.2) is 18.2 Å². The molecule has 25 heavy (non-hydrogen) atoms. The van der Waals surface area contributed by atoms with Crippen LogP contribution in [0.3, 0.4) is 0 Å². The van der Waals surface area contributed by atoms with Crippen molar-refractivity contribution in [1.82, 2.24) is 4.90 Å². The average Bonchev–Trinajstić information content (AvgIpc) is 2.49. The smallest absolute Gasteiger partial charge is 0.303 e. The molecule has 0 aliphatic heterocycles. The molecule has 1 atom stereocenters. The molecule has 0 spiro atoms. The highest BCUT2D eigenvalue weighted by Gasteiger charge is 2.22. The van der Waals surface area contributed by atoms with Crippen molar-refractivity contribution in [1.29, 1.82) is 0 Å². The zero-order valence-electron chi connectivity index (χ0n) is 15.4. The van der Waals surface area contributed by atoms with Gasteiger partial charge in [0, 0.05) is 25.5 Å². The Balaban J connectivity index is 2.84. The van der Waals surface area contributed by atoms with Gasteiger partial charge in [-0.2, -0.15) is 0 Å². The molecule has 0 fully saturated rings. The number of carbonyl (C=O) groups is 3. The van der Waals surface area contributed by atoms with Crippen molar-refractivity contribution in [3.05, 3.63) is 29.3 Å². The summed E-state index contributed by atoms with van der Waals surface area (Å²) in [5.41, 5.74) is 6.38. The number of nitrogens with zero attached hydrogens (tertiary/aromatic N) is 1. The Morgan fingerprint density at radius 2 is 1.84 bits per heavy atom. The molecule has 0 radical (unpaired) electrons. The van der Waals surface area contributed by atoms with Crippen molar-refractivity contribution in [3.63, 3.8) is 0 Å². The summed E-state index contributed by atoms with van der Waals surface area (Å²) in [5, 5.41) is 0. The number of esters is 1. The molecule has 1 aromatic carbocycles. The van der Waals surface area contributed by atoms with E-state index in [1.807, 2.05) is 13.8 Å². The molecule has 1 rings (SSSR count). The minimum atomic E-state index is -0.598. The standard InChI is InChI=1S/C18H26N2O5/c1-11(2)20(13(4)21)9-16(25-14(5)22)10-24-17-7-6-15(18(19)23)8-12(17)3/h6-8,11,16H,9-10H2,1-5H3,(H2,19,23). The summed E-state index contributed by atoms with van der Waals surface area (Å²) in [6.45, 7) is 8.68. The third kappa shape index (κ3) is 6.45. The van der Waals surface area contributed by atoms with Gasteiger partial charge in [0.15, 0.2) is 6.10 Å². The Bertz CT molecular complexity index is 642. The van der Waals surface area contributed by atoms with Crippen molar-refractivity contribution in [3.8, 4) is 5.75 Å². The zero-order chi connectivity index (χ0) is 19.1. The fourth-order valence-corrected chi connectivity index (χ4v) is 2.43. The van der Waals surface area contributed by atoms with Gasteiger partial charge in [0.05, 0.1) is 6.54 Å². The average molecular weight is 350 g/mol. The summed E-state index contributed by atoms with van der Waals surface area (Å²) >= 11 is 0. The quantitative estimate of drug-likeness (QED) is 0.719. The van der Waals surface area contributed by atoms with Crippen LogP contribution >= 0.6 is 0 Å². The summed E-state index contributed by atoms with van der Waals surface area (Å²) in [4.78, 5) is 35.9. The second kappa shape index (κ2) is 9.05. The first-order valence-corrected chi connectivity index (χ1v) is 8.09. The molecule has 138 valence electrons. The van der Waals surface area contributed by atoms with Crippen molar-refractivity contribution in [2.24, 2.45) is 5.73 Å².